The summed E-state index contributed by atoms with van der Waals surface area (Å²) >= 11 is 0. The van der Waals surface area contributed by atoms with Crippen molar-refractivity contribution in [3.63, 3.8) is 0 Å². The van der Waals surface area contributed by atoms with Crippen molar-refractivity contribution in [2.45, 2.75) is 43.7 Å². The van der Waals surface area contributed by atoms with Gasteiger partial charge in [0.15, 0.2) is 0 Å². The maximum Gasteiger partial charge on any atom is 0.229 e. The van der Waals surface area contributed by atoms with E-state index in [2.05, 4.69) is 5.32 Å². The number of nitrogens with one attached hydrogen (secondary N) is 1. The van der Waals surface area contributed by atoms with Crippen LogP contribution in [0.4, 0.5) is 0 Å². The first-order chi connectivity index (χ1) is 11.0. The van der Waals surface area contributed by atoms with Crippen molar-refractivity contribution >= 4 is 0 Å². The first kappa shape index (κ1) is 16.4. The molecule has 8 nitrogen and oxygen atoms in total. The molecule has 1 aromatic rings. The minimum Gasteiger partial charge on any atom is -0.508 e. The molecule has 1 aromatic carbocycles. The smallest absolute Gasteiger partial charge is 0.229 e. The number of aliphatic hydroxyl groups is 4. The fourth-order valence-corrected chi connectivity index (χ4v) is 2.94. The largest absolute Gasteiger partial charge is 0.508 e. The molecule has 0 saturated carbocycles. The lowest BCUT2D eigenvalue weighted by atomic mass is 9.98. The van der Waals surface area contributed by atoms with Gasteiger partial charge < -0.3 is 40.3 Å². The Labute approximate surface area is 132 Å². The van der Waals surface area contributed by atoms with Crippen molar-refractivity contribution in [2.24, 2.45) is 0 Å². The zero-order valence-electron chi connectivity index (χ0n) is 12.4. The summed E-state index contributed by atoms with van der Waals surface area (Å²) in [4.78, 5) is 0. The number of phenols is 1. The highest BCUT2D eigenvalue weighted by atomic mass is 16.7. The van der Waals surface area contributed by atoms with Crippen molar-refractivity contribution in [3.05, 3.63) is 23.3 Å². The number of aliphatic hydroxyl groups excluding tert-OH is 4. The van der Waals surface area contributed by atoms with Crippen molar-refractivity contribution in [3.8, 4) is 11.5 Å². The minimum atomic E-state index is -1.50. The Kier molecular flexibility index (Phi) is 4.72. The zero-order chi connectivity index (χ0) is 16.6. The van der Waals surface area contributed by atoms with Crippen LogP contribution in [-0.2, 0) is 17.7 Å². The number of hydrogen-bond donors (Lipinski definition) is 6. The number of hydrogen-bond acceptors (Lipinski definition) is 8. The summed E-state index contributed by atoms with van der Waals surface area (Å²) in [6.07, 6.45) is -5.99. The fraction of sp³-hybridized carbons (Fsp3) is 0.600. The first-order valence-corrected chi connectivity index (χ1v) is 7.54. The Morgan fingerprint density at radius 2 is 1.96 bits per heavy atom. The van der Waals surface area contributed by atoms with Gasteiger partial charge in [0, 0.05) is 18.2 Å². The van der Waals surface area contributed by atoms with E-state index in [0.717, 1.165) is 24.1 Å². The van der Waals surface area contributed by atoms with Gasteiger partial charge in [-0.25, -0.2) is 0 Å². The summed E-state index contributed by atoms with van der Waals surface area (Å²) in [5.74, 6) is 0.363. The summed E-state index contributed by atoms with van der Waals surface area (Å²) in [7, 11) is 0. The molecule has 5 atom stereocenters. The van der Waals surface area contributed by atoms with Crippen LogP contribution in [0.2, 0.25) is 0 Å². The van der Waals surface area contributed by atoms with Crippen LogP contribution >= 0.6 is 0 Å². The predicted molar refractivity (Wildman–Crippen MR) is 77.9 cm³/mol. The normalized spacial score (nSPS) is 34.0. The van der Waals surface area contributed by atoms with E-state index in [0.29, 0.717) is 12.3 Å². The molecule has 0 amide bonds. The van der Waals surface area contributed by atoms with Gasteiger partial charge in [-0.2, -0.15) is 0 Å². The summed E-state index contributed by atoms with van der Waals surface area (Å²) in [6.45, 7) is 0.808. The van der Waals surface area contributed by atoms with E-state index >= 15 is 0 Å². The monoisotopic (exact) mass is 327 g/mol. The molecule has 6 N–H and O–H groups in total. The zero-order valence-corrected chi connectivity index (χ0v) is 12.4. The molecule has 0 bridgehead atoms. The number of aromatic hydroxyl groups is 1. The summed E-state index contributed by atoms with van der Waals surface area (Å²) in [5.41, 5.74) is 1.77. The second kappa shape index (κ2) is 6.60. The van der Waals surface area contributed by atoms with Gasteiger partial charge in [0.2, 0.25) is 6.29 Å². The highest BCUT2D eigenvalue weighted by Crippen LogP contribution is 2.33. The van der Waals surface area contributed by atoms with Crippen LogP contribution < -0.4 is 10.1 Å². The van der Waals surface area contributed by atoms with E-state index in [4.69, 9.17) is 9.47 Å². The van der Waals surface area contributed by atoms with E-state index in [1.807, 2.05) is 0 Å². The summed E-state index contributed by atoms with van der Waals surface area (Å²) < 4.78 is 11.0. The number of phenolic OH excluding ortho intramolecular Hbond substituents is 1. The lowest BCUT2D eigenvalue weighted by Gasteiger charge is -2.40. The van der Waals surface area contributed by atoms with Gasteiger partial charge >= 0.3 is 0 Å². The molecule has 128 valence electrons. The van der Waals surface area contributed by atoms with Gasteiger partial charge in [-0.1, -0.05) is 0 Å². The van der Waals surface area contributed by atoms with E-state index in [9.17, 15) is 25.5 Å². The molecular formula is C15H21NO7. The molecule has 2 aliphatic heterocycles. The van der Waals surface area contributed by atoms with Crippen LogP contribution in [0.15, 0.2) is 12.1 Å². The molecular weight excluding hydrogens is 306 g/mol. The third kappa shape index (κ3) is 3.14. The molecule has 2 aliphatic rings. The van der Waals surface area contributed by atoms with Crippen molar-refractivity contribution in [2.75, 3.05) is 13.2 Å². The maximum absolute atomic E-state index is 10.0. The molecule has 3 rings (SSSR count). The van der Waals surface area contributed by atoms with Crippen LogP contribution in [-0.4, -0.2) is 69.4 Å². The molecule has 0 radical (unpaired) electrons. The summed E-state index contributed by atoms with van der Waals surface area (Å²) in [6, 6.07) is 3.07. The van der Waals surface area contributed by atoms with Crippen LogP contribution in [0, 0.1) is 0 Å². The minimum absolute atomic E-state index is 0.0326. The predicted octanol–water partition coefficient (Wildman–Crippen LogP) is -1.78. The van der Waals surface area contributed by atoms with E-state index < -0.39 is 37.3 Å². The molecule has 0 aromatic heterocycles. The third-order valence-corrected chi connectivity index (χ3v) is 4.25. The highest BCUT2D eigenvalue weighted by molar-refractivity contribution is 5.47. The number of rotatable bonds is 3. The van der Waals surface area contributed by atoms with Crippen LogP contribution in [0.3, 0.4) is 0 Å². The second-order valence-corrected chi connectivity index (χ2v) is 5.82. The Balaban J connectivity index is 1.85. The Hall–Kier alpha value is -1.42. The van der Waals surface area contributed by atoms with Gasteiger partial charge in [-0.05, 0) is 24.6 Å². The van der Waals surface area contributed by atoms with E-state index in [-0.39, 0.29) is 5.75 Å². The molecule has 1 fully saturated rings. The van der Waals surface area contributed by atoms with E-state index in [1.54, 1.807) is 6.07 Å². The Morgan fingerprint density at radius 3 is 2.70 bits per heavy atom. The van der Waals surface area contributed by atoms with Crippen LogP contribution in [0.5, 0.6) is 11.5 Å². The van der Waals surface area contributed by atoms with Gasteiger partial charge in [0.1, 0.15) is 35.9 Å². The van der Waals surface area contributed by atoms with Crippen LogP contribution in [0.25, 0.3) is 0 Å². The Bertz CT molecular complexity index is 565. The number of fused-ring (bicyclic) bond motifs is 1. The average Bonchev–Trinajstić information content (AvgIpc) is 2.55. The molecule has 2 heterocycles. The van der Waals surface area contributed by atoms with Gasteiger partial charge in [0.25, 0.3) is 0 Å². The van der Waals surface area contributed by atoms with Crippen molar-refractivity contribution in [1.29, 1.82) is 0 Å². The average molecular weight is 327 g/mol. The Morgan fingerprint density at radius 1 is 1.17 bits per heavy atom. The molecule has 0 spiro atoms. The molecule has 23 heavy (non-hydrogen) atoms. The van der Waals surface area contributed by atoms with Gasteiger partial charge in [-0.15, -0.1) is 0 Å². The standard InChI is InChI=1S/C15H21NO7/c17-6-11-12(19)13(20)14(21)15(23-11)22-10-4-8(18)3-7-1-2-16-5-9(7)10/h3-4,11-21H,1-2,5-6H2/t11?,12-,13?,14?,15-/m1/s1. The second-order valence-electron chi connectivity index (χ2n) is 5.82. The third-order valence-electron chi connectivity index (χ3n) is 4.25. The highest BCUT2D eigenvalue weighted by Gasteiger charge is 2.45. The van der Waals surface area contributed by atoms with Crippen LogP contribution in [0.1, 0.15) is 11.1 Å². The quantitative estimate of drug-likeness (QED) is 0.384. The first-order valence-electron chi connectivity index (χ1n) is 7.54. The molecule has 1 saturated heterocycles. The van der Waals surface area contributed by atoms with Crippen molar-refractivity contribution in [1.82, 2.24) is 5.32 Å². The maximum atomic E-state index is 10.0. The van der Waals surface area contributed by atoms with Gasteiger partial charge in [-0.3, -0.25) is 0 Å². The molecule has 0 aliphatic carbocycles. The molecule has 8 heteroatoms. The van der Waals surface area contributed by atoms with Gasteiger partial charge in [0.05, 0.1) is 6.61 Å². The number of ether oxygens (including phenoxy) is 2. The fourth-order valence-electron chi connectivity index (χ4n) is 2.94. The SMILES string of the molecule is OCC1O[C@@H](Oc2cc(O)cc3c2CNCC3)C(O)C(O)[C@@H]1O. The lowest BCUT2D eigenvalue weighted by molar-refractivity contribution is -0.277. The number of benzene rings is 1. The lowest BCUT2D eigenvalue weighted by Crippen LogP contribution is -2.60. The van der Waals surface area contributed by atoms with E-state index in [1.165, 1.54) is 6.07 Å². The summed E-state index contributed by atoms with van der Waals surface area (Å²) in [5, 5.41) is 51.8. The van der Waals surface area contributed by atoms with Crippen molar-refractivity contribution < 1.29 is 35.0 Å². The topological polar surface area (TPSA) is 132 Å². The molecule has 3 unspecified atom stereocenters.